The van der Waals surface area contributed by atoms with Crippen molar-refractivity contribution in [3.05, 3.63) is 87.3 Å². The monoisotopic (exact) mass is 963 g/mol. The Morgan fingerprint density at radius 3 is 2.37 bits per heavy atom. The fraction of sp³-hybridized carbons (Fsp3) is 0.383. The van der Waals surface area contributed by atoms with Crippen molar-refractivity contribution < 1.29 is 38.6 Å². The number of nitriles is 1. The molecule has 21 heteroatoms. The molecule has 0 aliphatic carbocycles. The van der Waals surface area contributed by atoms with E-state index in [9.17, 15) is 34.3 Å². The quantitative estimate of drug-likeness (QED) is 0.129. The SMILES string of the molecule is COc1cc2[nH]nc(-c3cnc(N4CCN(C(=O)C5CCN(C(=O)CNc6ccc7c(c6)C(=O)N(C6CCC(C)(O)NC6=O)C7=O)CC5)CC4)c(C#N)c3)c2cc1O[C@H](C)c1c(Cl)cncc1Cl. The van der Waals surface area contributed by atoms with Crippen LogP contribution in [-0.2, 0) is 14.4 Å². The number of pyridine rings is 2. The van der Waals surface area contributed by atoms with Gasteiger partial charge in [-0.1, -0.05) is 23.2 Å². The van der Waals surface area contributed by atoms with E-state index in [1.165, 1.54) is 38.6 Å². The Bertz CT molecular complexity index is 2880. The molecule has 7 heterocycles. The number of piperazine rings is 1. The predicted molar refractivity (Wildman–Crippen MR) is 249 cm³/mol. The number of rotatable bonds is 11. The molecule has 4 N–H and O–H groups in total. The highest BCUT2D eigenvalue weighted by Crippen LogP contribution is 2.41. The third-order valence-corrected chi connectivity index (χ3v) is 13.7. The Hall–Kier alpha value is -7.01. The zero-order valence-corrected chi connectivity index (χ0v) is 38.9. The lowest BCUT2D eigenvalue weighted by molar-refractivity contribution is -0.140. The molecule has 3 atom stereocenters. The van der Waals surface area contributed by atoms with Gasteiger partial charge in [-0.15, -0.1) is 0 Å². The smallest absolute Gasteiger partial charge is 0.262 e. The molecule has 0 spiro atoms. The Balaban J connectivity index is 0.773. The highest BCUT2D eigenvalue weighted by molar-refractivity contribution is 6.35. The molecule has 0 radical (unpaired) electrons. The first kappa shape index (κ1) is 46.1. The summed E-state index contributed by atoms with van der Waals surface area (Å²) in [5.74, 6) is -0.763. The van der Waals surface area contributed by atoms with Gasteiger partial charge < -0.3 is 39.9 Å². The van der Waals surface area contributed by atoms with E-state index >= 15 is 0 Å². The zero-order valence-electron chi connectivity index (χ0n) is 37.3. The van der Waals surface area contributed by atoms with Crippen LogP contribution >= 0.6 is 23.2 Å². The molecule has 3 aromatic heterocycles. The van der Waals surface area contributed by atoms with Gasteiger partial charge in [0.25, 0.3) is 11.8 Å². The number of anilines is 2. The van der Waals surface area contributed by atoms with Crippen molar-refractivity contribution in [2.75, 3.05) is 63.1 Å². The van der Waals surface area contributed by atoms with Crippen LogP contribution in [0.4, 0.5) is 11.5 Å². The minimum absolute atomic E-state index is 0.0351. The lowest BCUT2D eigenvalue weighted by Crippen LogP contribution is -2.60. The van der Waals surface area contributed by atoms with Crippen LogP contribution in [0.2, 0.25) is 10.0 Å². The number of aromatic amines is 1. The van der Waals surface area contributed by atoms with Crippen molar-refractivity contribution in [3.63, 3.8) is 0 Å². The minimum Gasteiger partial charge on any atom is -0.493 e. The molecule has 19 nitrogen and oxygen atoms in total. The zero-order chi connectivity index (χ0) is 48.0. The first-order chi connectivity index (χ1) is 32.6. The number of H-pyrrole nitrogens is 1. The molecular formula is C47H47Cl2N11O8. The number of aromatic nitrogens is 4. The van der Waals surface area contributed by atoms with Gasteiger partial charge in [-0.05, 0) is 69.9 Å². The molecule has 0 bridgehead atoms. The fourth-order valence-corrected chi connectivity index (χ4v) is 10.1. The lowest BCUT2D eigenvalue weighted by atomic mass is 9.95. The number of carbonyl (C=O) groups excluding carboxylic acids is 5. The van der Waals surface area contributed by atoms with Crippen LogP contribution in [0.25, 0.3) is 22.2 Å². The van der Waals surface area contributed by atoms with E-state index in [0.717, 1.165) is 4.90 Å². The summed E-state index contributed by atoms with van der Waals surface area (Å²) < 4.78 is 12.0. The molecule has 0 saturated carbocycles. The van der Waals surface area contributed by atoms with Crippen LogP contribution < -0.4 is 25.0 Å². The third-order valence-electron chi connectivity index (χ3n) is 13.1. The highest BCUT2D eigenvalue weighted by atomic mass is 35.5. The number of nitrogens with zero attached hydrogens (tertiary/aromatic N) is 8. The molecule has 5 aromatic rings. The second-order valence-corrected chi connectivity index (χ2v) is 18.3. The van der Waals surface area contributed by atoms with Gasteiger partial charge >= 0.3 is 0 Å². The maximum atomic E-state index is 13.7. The molecule has 4 aliphatic rings. The number of likely N-dealkylation sites (tertiary alicyclic amines) is 1. The first-order valence-electron chi connectivity index (χ1n) is 22.2. The summed E-state index contributed by atoms with van der Waals surface area (Å²) in [5, 5.41) is 35.0. The van der Waals surface area contributed by atoms with Crippen molar-refractivity contribution in [2.45, 2.75) is 57.4 Å². The summed E-state index contributed by atoms with van der Waals surface area (Å²) in [5.41, 5.74) is 2.15. The van der Waals surface area contributed by atoms with E-state index in [-0.39, 0.29) is 48.2 Å². The number of hydrogen-bond acceptors (Lipinski definition) is 14. The van der Waals surface area contributed by atoms with Gasteiger partial charge in [0.15, 0.2) is 11.5 Å². The Kier molecular flexibility index (Phi) is 12.6. The molecule has 68 heavy (non-hydrogen) atoms. The van der Waals surface area contributed by atoms with Crippen LogP contribution in [0.3, 0.4) is 0 Å². The average molecular weight is 965 g/mol. The molecule has 9 rings (SSSR count). The number of fused-ring (bicyclic) bond motifs is 2. The number of hydrogen-bond donors (Lipinski definition) is 4. The molecule has 5 amide bonds. The number of halogens is 2. The summed E-state index contributed by atoms with van der Waals surface area (Å²) >= 11 is 12.8. The van der Waals surface area contributed by atoms with Gasteiger partial charge in [-0.25, -0.2) is 4.98 Å². The van der Waals surface area contributed by atoms with Crippen molar-refractivity contribution in [3.8, 4) is 28.8 Å². The van der Waals surface area contributed by atoms with E-state index in [1.807, 2.05) is 16.7 Å². The van der Waals surface area contributed by atoms with Gasteiger partial charge in [-0.2, -0.15) is 10.4 Å². The van der Waals surface area contributed by atoms with E-state index < -0.39 is 35.6 Å². The van der Waals surface area contributed by atoms with Crippen LogP contribution in [0, 0.1) is 17.2 Å². The number of imide groups is 1. The summed E-state index contributed by atoms with van der Waals surface area (Å²) in [4.78, 5) is 81.4. The summed E-state index contributed by atoms with van der Waals surface area (Å²) in [7, 11) is 1.54. The lowest BCUT2D eigenvalue weighted by Gasteiger charge is -2.39. The standard InChI is InChI=1S/C47H47Cl2N11O8/c1-25(40-33(48)22-51-23-34(40)49)68-38-18-32-35(19-37(38)67-3)55-56-41(32)28-16-27(20-50)42(53-21-28)58-12-14-59(15-13-58)44(63)26-7-10-57(11-8-26)39(61)24-52-29-4-5-30-31(17-29)46(65)60(45(30)64)36-6-9-47(2,66)54-43(36)62/h4-5,16-19,21-23,25-26,36,52,66H,6-15,24H2,1-3H3,(H,54,62)(H,55,56)/t25-,36?,47?/m1/s1. The van der Waals surface area contributed by atoms with Crippen molar-refractivity contribution in [1.82, 2.24) is 40.2 Å². The largest absolute Gasteiger partial charge is 0.493 e. The van der Waals surface area contributed by atoms with Crippen LogP contribution in [0.1, 0.15) is 77.5 Å². The fourth-order valence-electron chi connectivity index (χ4n) is 9.40. The van der Waals surface area contributed by atoms with E-state index in [1.54, 1.807) is 35.4 Å². The Labute approximate surface area is 400 Å². The third kappa shape index (κ3) is 8.82. The summed E-state index contributed by atoms with van der Waals surface area (Å²) in [6, 6.07) is 11.2. The number of aliphatic hydroxyl groups is 1. The predicted octanol–water partition coefficient (Wildman–Crippen LogP) is 4.93. The molecule has 352 valence electrons. The van der Waals surface area contributed by atoms with Crippen LogP contribution in [0.15, 0.2) is 55.0 Å². The second kappa shape index (κ2) is 18.6. The number of benzene rings is 2. The molecule has 2 unspecified atom stereocenters. The average Bonchev–Trinajstić information content (AvgIpc) is 3.85. The second-order valence-electron chi connectivity index (χ2n) is 17.5. The highest BCUT2D eigenvalue weighted by Gasteiger charge is 2.46. The van der Waals surface area contributed by atoms with E-state index in [4.69, 9.17) is 37.7 Å². The summed E-state index contributed by atoms with van der Waals surface area (Å²) in [6.45, 7) is 5.88. The number of nitrogens with one attached hydrogen (secondary N) is 3. The van der Waals surface area contributed by atoms with Gasteiger partial charge in [0.2, 0.25) is 17.7 Å². The number of piperidine rings is 2. The van der Waals surface area contributed by atoms with Crippen molar-refractivity contribution >= 4 is 75.1 Å². The van der Waals surface area contributed by atoms with Crippen molar-refractivity contribution in [2.24, 2.45) is 5.92 Å². The normalized spacial score (nSPS) is 20.2. The first-order valence-corrected chi connectivity index (χ1v) is 22.9. The van der Waals surface area contributed by atoms with Crippen molar-refractivity contribution in [1.29, 1.82) is 5.26 Å². The minimum atomic E-state index is -1.41. The number of methoxy groups -OCH3 is 1. The van der Waals surface area contributed by atoms with Gasteiger partial charge in [0.1, 0.15) is 35.5 Å². The van der Waals surface area contributed by atoms with Crippen LogP contribution in [-0.4, -0.2) is 134 Å². The molecule has 3 saturated heterocycles. The van der Waals surface area contributed by atoms with E-state index in [0.29, 0.717) is 118 Å². The maximum Gasteiger partial charge on any atom is 0.262 e. The maximum absolute atomic E-state index is 13.7. The van der Waals surface area contributed by atoms with Gasteiger partial charge in [0, 0.05) is 92.0 Å². The number of carbonyl (C=O) groups is 5. The number of amides is 5. The van der Waals surface area contributed by atoms with Gasteiger partial charge in [-0.3, -0.25) is 39.0 Å². The Morgan fingerprint density at radius 1 is 0.956 bits per heavy atom. The summed E-state index contributed by atoms with van der Waals surface area (Å²) in [6.07, 6.45) is 5.46. The van der Waals surface area contributed by atoms with Crippen LogP contribution in [0.5, 0.6) is 11.5 Å². The number of ether oxygens (including phenoxy) is 2. The Morgan fingerprint density at radius 2 is 1.68 bits per heavy atom. The molecule has 2 aromatic carbocycles. The van der Waals surface area contributed by atoms with Gasteiger partial charge in [0.05, 0.1) is 45.9 Å². The topological polar surface area (TPSA) is 239 Å². The molecular weight excluding hydrogens is 917 g/mol. The molecule has 3 fully saturated rings. The molecule has 4 aliphatic heterocycles. The van der Waals surface area contributed by atoms with E-state index in [2.05, 4.69) is 31.9 Å².